The number of rotatable bonds is 3. The molecule has 0 unspecified atom stereocenters. The largest absolute Gasteiger partial charge is 0.309 e. The molecule has 1 aliphatic rings. The molecule has 0 spiro atoms. The van der Waals surface area contributed by atoms with Crippen molar-refractivity contribution in [1.82, 2.24) is 5.32 Å². The van der Waals surface area contributed by atoms with Gasteiger partial charge in [0.25, 0.3) is 0 Å². The summed E-state index contributed by atoms with van der Waals surface area (Å²) in [4.78, 5) is 12.3. The molecule has 0 radical (unpaired) electrons. The second-order valence-electron chi connectivity index (χ2n) is 5.11. The number of benzene rings is 2. The lowest BCUT2D eigenvalue weighted by molar-refractivity contribution is 0.0992. The zero-order valence-electron chi connectivity index (χ0n) is 11.1. The van der Waals surface area contributed by atoms with E-state index < -0.39 is 0 Å². The monoisotopic (exact) mass is 251 g/mol. The van der Waals surface area contributed by atoms with Crippen molar-refractivity contribution in [2.75, 3.05) is 0 Å². The lowest BCUT2D eigenvalue weighted by atomic mass is 9.97. The number of fused-ring (bicyclic) bond motifs is 1. The minimum Gasteiger partial charge on any atom is -0.309 e. The summed E-state index contributed by atoms with van der Waals surface area (Å²) >= 11 is 0. The molecule has 1 aliphatic heterocycles. The summed E-state index contributed by atoms with van der Waals surface area (Å²) in [5, 5.41) is 3.30. The predicted octanol–water partition coefficient (Wildman–Crippen LogP) is 3.02. The number of carbonyl (C=O) groups is 1. The van der Waals surface area contributed by atoms with Crippen molar-refractivity contribution in [3.63, 3.8) is 0 Å². The Morgan fingerprint density at radius 3 is 2.74 bits per heavy atom. The second-order valence-corrected chi connectivity index (χ2v) is 5.11. The summed E-state index contributed by atoms with van der Waals surface area (Å²) in [6, 6.07) is 14.1. The number of carbonyl (C=O) groups excluding carboxylic acids is 1. The normalized spacial score (nSPS) is 13.3. The van der Waals surface area contributed by atoms with Gasteiger partial charge < -0.3 is 5.32 Å². The highest BCUT2D eigenvalue weighted by Crippen LogP contribution is 2.19. The molecule has 0 aromatic heterocycles. The first kappa shape index (κ1) is 12.1. The van der Waals surface area contributed by atoms with Gasteiger partial charge in [-0.2, -0.15) is 0 Å². The molecule has 1 N–H and O–H groups in total. The maximum absolute atomic E-state index is 12.3. The fourth-order valence-electron chi connectivity index (χ4n) is 2.55. The Morgan fingerprint density at radius 2 is 1.89 bits per heavy atom. The van der Waals surface area contributed by atoms with Crippen molar-refractivity contribution in [2.45, 2.75) is 26.4 Å². The topological polar surface area (TPSA) is 29.1 Å². The van der Waals surface area contributed by atoms with Crippen LogP contribution in [-0.2, 0) is 19.5 Å². The van der Waals surface area contributed by atoms with Crippen molar-refractivity contribution in [3.05, 3.63) is 70.3 Å². The third-order valence-corrected chi connectivity index (χ3v) is 3.77. The Kier molecular flexibility index (Phi) is 3.18. The molecule has 2 aromatic rings. The molecule has 0 atom stereocenters. The molecule has 0 saturated carbocycles. The summed E-state index contributed by atoms with van der Waals surface area (Å²) in [6.45, 7) is 3.84. The van der Waals surface area contributed by atoms with Crippen LogP contribution < -0.4 is 5.32 Å². The van der Waals surface area contributed by atoms with Gasteiger partial charge in [0.05, 0.1) is 0 Å². The first-order valence-electron chi connectivity index (χ1n) is 6.64. The Labute approximate surface area is 113 Å². The summed E-state index contributed by atoms with van der Waals surface area (Å²) < 4.78 is 0. The Morgan fingerprint density at radius 1 is 1.11 bits per heavy atom. The van der Waals surface area contributed by atoms with E-state index in [1.165, 1.54) is 16.7 Å². The van der Waals surface area contributed by atoms with E-state index in [0.29, 0.717) is 6.42 Å². The average molecular weight is 251 g/mol. The lowest BCUT2D eigenvalue weighted by Crippen LogP contribution is -2.05. The summed E-state index contributed by atoms with van der Waals surface area (Å²) in [5.74, 6) is 0.198. The fourth-order valence-corrected chi connectivity index (χ4v) is 2.55. The van der Waals surface area contributed by atoms with Crippen LogP contribution in [0.15, 0.2) is 42.5 Å². The van der Waals surface area contributed by atoms with Crippen LogP contribution in [0.25, 0.3) is 0 Å². The van der Waals surface area contributed by atoms with E-state index in [4.69, 9.17) is 0 Å². The Bertz CT molecular complexity index is 631. The molecule has 19 heavy (non-hydrogen) atoms. The molecule has 0 amide bonds. The minimum absolute atomic E-state index is 0.198. The van der Waals surface area contributed by atoms with Gasteiger partial charge in [-0.15, -0.1) is 0 Å². The smallest absolute Gasteiger partial charge is 0.167 e. The summed E-state index contributed by atoms with van der Waals surface area (Å²) in [6.07, 6.45) is 0.485. The maximum atomic E-state index is 12.3. The minimum atomic E-state index is 0.198. The van der Waals surface area contributed by atoms with Crippen LogP contribution in [0.1, 0.15) is 32.6 Å². The van der Waals surface area contributed by atoms with E-state index in [2.05, 4.69) is 24.4 Å². The zero-order valence-corrected chi connectivity index (χ0v) is 11.1. The molecule has 2 heteroatoms. The van der Waals surface area contributed by atoms with Crippen molar-refractivity contribution >= 4 is 5.78 Å². The highest BCUT2D eigenvalue weighted by atomic mass is 16.1. The first-order chi connectivity index (χ1) is 9.24. The molecule has 2 aromatic carbocycles. The Balaban J connectivity index is 1.83. The zero-order chi connectivity index (χ0) is 13.2. The molecule has 96 valence electrons. The fraction of sp³-hybridized carbons (Fsp3) is 0.235. The standard InChI is InChI=1S/C17H17NO/c1-12-4-2-3-5-13(12)9-17(19)14-6-7-15-10-18-11-16(15)8-14/h2-8,18H,9-11H2,1H3. The molecule has 0 aliphatic carbocycles. The molecule has 0 saturated heterocycles. The molecular formula is C17H17NO. The number of ketones is 1. The second kappa shape index (κ2) is 4.98. The van der Waals surface area contributed by atoms with E-state index >= 15 is 0 Å². The molecule has 2 nitrogen and oxygen atoms in total. The molecular weight excluding hydrogens is 234 g/mol. The number of aryl methyl sites for hydroxylation is 1. The van der Waals surface area contributed by atoms with Gasteiger partial charge >= 0.3 is 0 Å². The van der Waals surface area contributed by atoms with Gasteiger partial charge in [-0.3, -0.25) is 4.79 Å². The lowest BCUT2D eigenvalue weighted by Gasteiger charge is -2.06. The van der Waals surface area contributed by atoms with E-state index in [1.54, 1.807) is 0 Å². The van der Waals surface area contributed by atoms with Crippen LogP contribution >= 0.6 is 0 Å². The van der Waals surface area contributed by atoms with Crippen LogP contribution in [0.5, 0.6) is 0 Å². The quantitative estimate of drug-likeness (QED) is 0.850. The summed E-state index contributed by atoms with van der Waals surface area (Å²) in [5.41, 5.74) is 5.69. The van der Waals surface area contributed by atoms with Crippen LogP contribution in [0.2, 0.25) is 0 Å². The van der Waals surface area contributed by atoms with Crippen LogP contribution in [-0.4, -0.2) is 5.78 Å². The van der Waals surface area contributed by atoms with E-state index in [-0.39, 0.29) is 5.78 Å². The van der Waals surface area contributed by atoms with E-state index in [0.717, 1.165) is 24.2 Å². The SMILES string of the molecule is Cc1ccccc1CC(=O)c1ccc2c(c1)CNC2. The van der Waals surface area contributed by atoms with Crippen LogP contribution in [0, 0.1) is 6.92 Å². The maximum Gasteiger partial charge on any atom is 0.167 e. The summed E-state index contributed by atoms with van der Waals surface area (Å²) in [7, 11) is 0. The van der Waals surface area contributed by atoms with Crippen molar-refractivity contribution < 1.29 is 4.79 Å². The molecule has 0 bridgehead atoms. The highest BCUT2D eigenvalue weighted by molar-refractivity contribution is 5.97. The van der Waals surface area contributed by atoms with Crippen molar-refractivity contribution in [2.24, 2.45) is 0 Å². The van der Waals surface area contributed by atoms with Gasteiger partial charge in [-0.05, 0) is 35.2 Å². The first-order valence-corrected chi connectivity index (χ1v) is 6.64. The highest BCUT2D eigenvalue weighted by Gasteiger charge is 2.14. The van der Waals surface area contributed by atoms with Gasteiger partial charge in [-0.25, -0.2) is 0 Å². The molecule has 3 rings (SSSR count). The van der Waals surface area contributed by atoms with Crippen molar-refractivity contribution in [3.8, 4) is 0 Å². The van der Waals surface area contributed by atoms with Gasteiger partial charge in [0.2, 0.25) is 0 Å². The Hall–Kier alpha value is -1.93. The van der Waals surface area contributed by atoms with Gasteiger partial charge in [0, 0.05) is 25.1 Å². The van der Waals surface area contributed by atoms with Gasteiger partial charge in [0.1, 0.15) is 0 Å². The van der Waals surface area contributed by atoms with Crippen LogP contribution in [0.4, 0.5) is 0 Å². The van der Waals surface area contributed by atoms with Gasteiger partial charge in [-0.1, -0.05) is 36.4 Å². The van der Waals surface area contributed by atoms with E-state index in [9.17, 15) is 4.79 Å². The number of Topliss-reactive ketones (excluding diaryl/α,β-unsaturated/α-hetero) is 1. The average Bonchev–Trinajstić information content (AvgIpc) is 2.88. The number of hydrogen-bond acceptors (Lipinski definition) is 2. The third-order valence-electron chi connectivity index (χ3n) is 3.77. The van der Waals surface area contributed by atoms with E-state index in [1.807, 2.05) is 30.3 Å². The predicted molar refractivity (Wildman–Crippen MR) is 76.2 cm³/mol. The number of nitrogens with one attached hydrogen (secondary N) is 1. The molecule has 0 fully saturated rings. The molecule has 1 heterocycles. The number of hydrogen-bond donors (Lipinski definition) is 1. The van der Waals surface area contributed by atoms with Crippen LogP contribution in [0.3, 0.4) is 0 Å². The van der Waals surface area contributed by atoms with Gasteiger partial charge in [0.15, 0.2) is 5.78 Å². The van der Waals surface area contributed by atoms with Crippen molar-refractivity contribution in [1.29, 1.82) is 0 Å². The third kappa shape index (κ3) is 2.45.